The zero-order valence-electron chi connectivity index (χ0n) is 11.9. The van der Waals surface area contributed by atoms with E-state index in [1.165, 1.54) is 23.5 Å². The summed E-state index contributed by atoms with van der Waals surface area (Å²) in [5.41, 5.74) is 1.31. The highest BCUT2D eigenvalue weighted by atomic mass is 32.2. The van der Waals surface area contributed by atoms with Gasteiger partial charge in [0.1, 0.15) is 5.75 Å². The van der Waals surface area contributed by atoms with Gasteiger partial charge in [0.05, 0.1) is 7.11 Å². The molecule has 4 heteroatoms. The maximum atomic E-state index is 5.26. The monoisotopic (exact) mass is 280 g/mol. The fourth-order valence-corrected chi connectivity index (χ4v) is 3.34. The Morgan fingerprint density at radius 2 is 2.37 bits per heavy atom. The molecular formula is C15H24N2OS. The number of benzene rings is 1. The highest BCUT2D eigenvalue weighted by Gasteiger charge is 2.13. The number of hydrogen-bond donors (Lipinski definition) is 1. The first-order chi connectivity index (χ1) is 9.28. The van der Waals surface area contributed by atoms with Crippen LogP contribution in [-0.2, 0) is 6.54 Å². The Labute approximate surface area is 120 Å². The zero-order valence-corrected chi connectivity index (χ0v) is 12.7. The van der Waals surface area contributed by atoms with Crippen LogP contribution in [0.2, 0.25) is 0 Å². The van der Waals surface area contributed by atoms with Crippen molar-refractivity contribution < 1.29 is 4.74 Å². The molecule has 106 valence electrons. The molecule has 1 saturated heterocycles. The van der Waals surface area contributed by atoms with Crippen LogP contribution in [-0.4, -0.2) is 49.7 Å². The normalized spacial score (nSPS) is 19.6. The second-order valence-corrected chi connectivity index (χ2v) is 6.25. The Hall–Kier alpha value is -0.710. The lowest BCUT2D eigenvalue weighted by Crippen LogP contribution is -2.39. The maximum absolute atomic E-state index is 5.26. The van der Waals surface area contributed by atoms with Gasteiger partial charge in [-0.2, -0.15) is 11.8 Å². The third kappa shape index (κ3) is 5.05. The van der Waals surface area contributed by atoms with E-state index in [0.29, 0.717) is 6.04 Å². The molecule has 1 aliphatic heterocycles. The van der Waals surface area contributed by atoms with Gasteiger partial charge in [0.15, 0.2) is 0 Å². The summed E-state index contributed by atoms with van der Waals surface area (Å²) in [7, 11) is 3.91. The standard InChI is InChI=1S/C15H24N2OS/c1-17(8-6-14-12-19-9-7-16-14)11-13-4-3-5-15(10-13)18-2/h3-5,10,14,16H,6-9,11-12H2,1-2H3. The topological polar surface area (TPSA) is 24.5 Å². The van der Waals surface area contributed by atoms with Gasteiger partial charge >= 0.3 is 0 Å². The maximum Gasteiger partial charge on any atom is 0.119 e. The van der Waals surface area contributed by atoms with Gasteiger partial charge in [-0.25, -0.2) is 0 Å². The molecule has 0 saturated carbocycles. The Bertz CT molecular complexity index is 380. The van der Waals surface area contributed by atoms with Gasteiger partial charge in [0.25, 0.3) is 0 Å². The fraction of sp³-hybridized carbons (Fsp3) is 0.600. The van der Waals surface area contributed by atoms with Gasteiger partial charge < -0.3 is 15.0 Å². The van der Waals surface area contributed by atoms with Gasteiger partial charge in [-0.15, -0.1) is 0 Å². The Morgan fingerprint density at radius 3 is 3.11 bits per heavy atom. The van der Waals surface area contributed by atoms with Gasteiger partial charge in [0, 0.05) is 30.6 Å². The molecule has 1 fully saturated rings. The molecule has 0 bridgehead atoms. The predicted molar refractivity (Wildman–Crippen MR) is 83.1 cm³/mol. The van der Waals surface area contributed by atoms with Crippen LogP contribution in [0.25, 0.3) is 0 Å². The minimum absolute atomic E-state index is 0.687. The van der Waals surface area contributed by atoms with E-state index >= 15 is 0 Å². The lowest BCUT2D eigenvalue weighted by atomic mass is 10.2. The molecule has 1 aliphatic rings. The minimum Gasteiger partial charge on any atom is -0.497 e. The molecular weight excluding hydrogens is 256 g/mol. The molecule has 1 aromatic rings. The van der Waals surface area contributed by atoms with Crippen molar-refractivity contribution in [3.8, 4) is 5.75 Å². The summed E-state index contributed by atoms with van der Waals surface area (Å²) < 4.78 is 5.26. The average molecular weight is 280 g/mol. The number of nitrogens with zero attached hydrogens (tertiary/aromatic N) is 1. The van der Waals surface area contributed by atoms with Crippen molar-refractivity contribution in [2.75, 3.05) is 38.8 Å². The molecule has 0 aliphatic carbocycles. The van der Waals surface area contributed by atoms with E-state index in [0.717, 1.165) is 25.4 Å². The number of thioether (sulfide) groups is 1. The van der Waals surface area contributed by atoms with Gasteiger partial charge in [-0.1, -0.05) is 12.1 Å². The molecule has 1 heterocycles. The highest BCUT2D eigenvalue weighted by molar-refractivity contribution is 7.99. The van der Waals surface area contributed by atoms with Crippen molar-refractivity contribution >= 4 is 11.8 Å². The number of nitrogens with one attached hydrogen (secondary N) is 1. The van der Waals surface area contributed by atoms with Crippen LogP contribution in [0, 0.1) is 0 Å². The van der Waals surface area contributed by atoms with E-state index < -0.39 is 0 Å². The van der Waals surface area contributed by atoms with Crippen LogP contribution in [0.3, 0.4) is 0 Å². The average Bonchev–Trinajstić information content (AvgIpc) is 2.46. The molecule has 0 radical (unpaired) electrons. The van der Waals surface area contributed by atoms with Crippen LogP contribution >= 0.6 is 11.8 Å². The van der Waals surface area contributed by atoms with E-state index in [9.17, 15) is 0 Å². The number of hydrogen-bond acceptors (Lipinski definition) is 4. The number of ether oxygens (including phenoxy) is 1. The molecule has 1 aromatic carbocycles. The number of methoxy groups -OCH3 is 1. The third-order valence-corrected chi connectivity index (χ3v) is 4.58. The lowest BCUT2D eigenvalue weighted by molar-refractivity contribution is 0.304. The van der Waals surface area contributed by atoms with Crippen LogP contribution < -0.4 is 10.1 Å². The second-order valence-electron chi connectivity index (χ2n) is 5.10. The van der Waals surface area contributed by atoms with Crippen molar-refractivity contribution in [3.05, 3.63) is 29.8 Å². The minimum atomic E-state index is 0.687. The van der Waals surface area contributed by atoms with Gasteiger partial charge in [-0.05, 0) is 37.7 Å². The van der Waals surface area contributed by atoms with Crippen molar-refractivity contribution in [1.29, 1.82) is 0 Å². The Morgan fingerprint density at radius 1 is 1.47 bits per heavy atom. The molecule has 0 spiro atoms. The summed E-state index contributed by atoms with van der Waals surface area (Å²) >= 11 is 2.07. The molecule has 0 aromatic heterocycles. The SMILES string of the molecule is COc1cccc(CN(C)CCC2CSCCN2)c1. The quantitative estimate of drug-likeness (QED) is 0.863. The molecule has 1 unspecified atom stereocenters. The van der Waals surface area contributed by atoms with Crippen molar-refractivity contribution in [1.82, 2.24) is 10.2 Å². The van der Waals surface area contributed by atoms with Crippen molar-refractivity contribution in [2.45, 2.75) is 19.0 Å². The van der Waals surface area contributed by atoms with E-state index in [4.69, 9.17) is 4.74 Å². The van der Waals surface area contributed by atoms with E-state index in [1.807, 2.05) is 6.07 Å². The van der Waals surface area contributed by atoms with Crippen LogP contribution in [0.4, 0.5) is 0 Å². The predicted octanol–water partition coefficient (Wildman–Crippen LogP) is 2.22. The first-order valence-corrected chi connectivity index (χ1v) is 8.06. The highest BCUT2D eigenvalue weighted by Crippen LogP contribution is 2.15. The van der Waals surface area contributed by atoms with Crippen LogP contribution in [0.15, 0.2) is 24.3 Å². The summed E-state index contributed by atoms with van der Waals surface area (Å²) in [6.07, 6.45) is 1.23. The van der Waals surface area contributed by atoms with E-state index in [-0.39, 0.29) is 0 Å². The summed E-state index contributed by atoms with van der Waals surface area (Å²) in [4.78, 5) is 2.38. The summed E-state index contributed by atoms with van der Waals surface area (Å²) in [5.74, 6) is 3.46. The van der Waals surface area contributed by atoms with Gasteiger partial charge in [0.2, 0.25) is 0 Å². The summed E-state index contributed by atoms with van der Waals surface area (Å²) in [6, 6.07) is 9.01. The molecule has 0 amide bonds. The fourth-order valence-electron chi connectivity index (χ4n) is 2.34. The number of rotatable bonds is 6. The molecule has 1 atom stereocenters. The Balaban J connectivity index is 1.75. The molecule has 3 nitrogen and oxygen atoms in total. The first-order valence-electron chi connectivity index (χ1n) is 6.90. The Kier molecular flexibility index (Phi) is 6.01. The largest absolute Gasteiger partial charge is 0.497 e. The van der Waals surface area contributed by atoms with E-state index in [2.05, 4.69) is 47.2 Å². The van der Waals surface area contributed by atoms with Crippen molar-refractivity contribution in [3.63, 3.8) is 0 Å². The van der Waals surface area contributed by atoms with Gasteiger partial charge in [-0.3, -0.25) is 0 Å². The molecule has 1 N–H and O–H groups in total. The third-order valence-electron chi connectivity index (χ3n) is 3.44. The molecule has 19 heavy (non-hydrogen) atoms. The summed E-state index contributed by atoms with van der Waals surface area (Å²) in [6.45, 7) is 3.28. The lowest BCUT2D eigenvalue weighted by Gasteiger charge is -2.25. The van der Waals surface area contributed by atoms with E-state index in [1.54, 1.807) is 7.11 Å². The van der Waals surface area contributed by atoms with Crippen LogP contribution in [0.1, 0.15) is 12.0 Å². The summed E-state index contributed by atoms with van der Waals surface area (Å²) in [5, 5.41) is 3.59. The van der Waals surface area contributed by atoms with Crippen LogP contribution in [0.5, 0.6) is 5.75 Å². The first kappa shape index (κ1) is 14.7. The molecule has 2 rings (SSSR count). The van der Waals surface area contributed by atoms with Crippen molar-refractivity contribution in [2.24, 2.45) is 0 Å². The second kappa shape index (κ2) is 7.78. The zero-order chi connectivity index (χ0) is 13.5. The smallest absolute Gasteiger partial charge is 0.119 e.